The fourth-order valence-corrected chi connectivity index (χ4v) is 7.08. The molecule has 0 aliphatic carbocycles. The molecule has 2 unspecified atom stereocenters. The lowest BCUT2D eigenvalue weighted by molar-refractivity contribution is -0.159. The molecule has 10 nitrogen and oxygen atoms in total. The molecule has 0 spiro atoms. The van der Waals surface area contributed by atoms with Crippen LogP contribution in [0.5, 0.6) is 0 Å². The Morgan fingerprint density at radius 3 is 1.27 bits per heavy atom. The number of benzene rings is 4. The first-order chi connectivity index (χ1) is 23.1. The number of carboxylic acids is 2. The Morgan fingerprint density at radius 2 is 0.896 bits per heavy atom. The number of carboxylic acid groups (broad SMARTS) is 2. The Kier molecular flexibility index (Phi) is 10.2. The number of hydrogen-bond acceptors (Lipinski definition) is 6. The van der Waals surface area contributed by atoms with E-state index in [-0.39, 0.29) is 0 Å². The zero-order valence-corrected chi connectivity index (χ0v) is 27.6. The summed E-state index contributed by atoms with van der Waals surface area (Å²) in [5.74, 6) is -3.65. The molecule has 48 heavy (non-hydrogen) atoms. The normalized spacial score (nSPS) is 15.5. The van der Waals surface area contributed by atoms with Gasteiger partial charge in [0.05, 0.1) is 25.3 Å². The van der Waals surface area contributed by atoms with E-state index >= 15 is 0 Å². The highest BCUT2D eigenvalue weighted by molar-refractivity contribution is 6.33. The minimum Gasteiger partial charge on any atom is -0.473 e. The topological polar surface area (TPSA) is 131 Å². The van der Waals surface area contributed by atoms with Crippen LogP contribution in [0.2, 0.25) is 10.0 Å². The second kappa shape index (κ2) is 14.5. The van der Waals surface area contributed by atoms with Crippen molar-refractivity contribution in [2.24, 2.45) is 0 Å². The highest BCUT2D eigenvalue weighted by Gasteiger charge is 2.23. The van der Waals surface area contributed by atoms with Crippen LogP contribution in [0.4, 0.5) is 0 Å². The van der Waals surface area contributed by atoms with Crippen molar-refractivity contribution in [1.82, 2.24) is 18.9 Å². The summed E-state index contributed by atoms with van der Waals surface area (Å²) in [6, 6.07) is 28.6. The number of carbonyl (C=O) groups is 2. The molecule has 4 aromatic carbocycles. The van der Waals surface area contributed by atoms with Crippen molar-refractivity contribution in [3.05, 3.63) is 95.0 Å². The first kappa shape index (κ1) is 33.7. The fourth-order valence-electron chi connectivity index (χ4n) is 6.73. The van der Waals surface area contributed by atoms with Gasteiger partial charge in [0.15, 0.2) is 0 Å². The van der Waals surface area contributed by atoms with E-state index in [0.717, 1.165) is 59.0 Å². The number of rotatable bonds is 8. The number of fused-ring (bicyclic) bond motifs is 6. The number of β-amino-alcohol motifs (C(OH)–C–C–N with tert-alkyl or cyclic N) is 2. The Hall–Kier alpha value is -4.16. The van der Waals surface area contributed by atoms with Crippen LogP contribution in [0.15, 0.2) is 84.9 Å². The lowest BCUT2D eigenvalue weighted by Crippen LogP contribution is -2.50. The average molecular weight is 692 g/mol. The van der Waals surface area contributed by atoms with Crippen molar-refractivity contribution in [3.8, 4) is 0 Å². The van der Waals surface area contributed by atoms with Gasteiger partial charge in [-0.2, -0.15) is 0 Å². The molecule has 7 rings (SSSR count). The molecule has 0 saturated carbocycles. The van der Waals surface area contributed by atoms with Gasteiger partial charge in [-0.1, -0.05) is 59.6 Å². The Morgan fingerprint density at radius 1 is 0.542 bits per heavy atom. The van der Waals surface area contributed by atoms with E-state index < -0.39 is 24.1 Å². The van der Waals surface area contributed by atoms with Crippen LogP contribution in [0, 0.1) is 0 Å². The number of piperazine rings is 1. The van der Waals surface area contributed by atoms with Gasteiger partial charge in [0.2, 0.25) is 0 Å². The molecule has 4 N–H and O–H groups in total. The number of aliphatic hydroxyl groups excluding tert-OH is 2. The number of hydrogen-bond donors (Lipinski definition) is 4. The van der Waals surface area contributed by atoms with Gasteiger partial charge in [0.25, 0.3) is 0 Å². The van der Waals surface area contributed by atoms with Crippen molar-refractivity contribution >= 4 is 78.8 Å². The van der Waals surface area contributed by atoms with Gasteiger partial charge in [0, 0.05) is 92.9 Å². The largest absolute Gasteiger partial charge is 0.473 e. The minimum atomic E-state index is -1.82. The summed E-state index contributed by atoms with van der Waals surface area (Å²) in [6.45, 7) is 5.72. The molecular weight excluding hydrogens is 655 g/mol. The molecule has 6 aromatic rings. The first-order valence-electron chi connectivity index (χ1n) is 15.7. The van der Waals surface area contributed by atoms with Gasteiger partial charge < -0.3 is 29.6 Å². The van der Waals surface area contributed by atoms with E-state index in [4.69, 9.17) is 43.0 Å². The molecule has 0 amide bonds. The molecule has 1 aliphatic rings. The van der Waals surface area contributed by atoms with Gasteiger partial charge in [-0.15, -0.1) is 0 Å². The van der Waals surface area contributed by atoms with E-state index in [2.05, 4.69) is 67.5 Å². The lowest BCUT2D eigenvalue weighted by Gasteiger charge is -2.36. The third kappa shape index (κ3) is 7.29. The number of aliphatic carboxylic acids is 2. The average Bonchev–Trinajstić information content (AvgIpc) is 3.53. The number of para-hydroxylation sites is 2. The summed E-state index contributed by atoms with van der Waals surface area (Å²) in [5, 5.41) is 43.0. The predicted octanol–water partition coefficient (Wildman–Crippen LogP) is 5.40. The summed E-state index contributed by atoms with van der Waals surface area (Å²) in [5.41, 5.74) is 4.40. The Labute approximate surface area is 286 Å². The van der Waals surface area contributed by atoms with E-state index in [1.807, 2.05) is 36.4 Å². The van der Waals surface area contributed by atoms with Crippen molar-refractivity contribution < 1.29 is 30.0 Å². The van der Waals surface area contributed by atoms with Crippen LogP contribution in [-0.4, -0.2) is 103 Å². The second-order valence-corrected chi connectivity index (χ2v) is 13.0. The van der Waals surface area contributed by atoms with Gasteiger partial charge in [-0.3, -0.25) is 9.80 Å². The molecule has 3 heterocycles. The summed E-state index contributed by atoms with van der Waals surface area (Å²) in [7, 11) is 0. The number of halogens is 2. The fraction of sp³-hybridized carbons (Fsp3) is 0.278. The molecule has 2 atom stereocenters. The molecule has 1 aliphatic heterocycles. The maximum absolute atomic E-state index is 11.2. The maximum Gasteiger partial charge on any atom is 0.414 e. The standard InChI is InChI=1S/C34H34Cl2N4O2.C2H2O4/c35-23-9-11-33-29(17-23)30-18-24(36)10-12-34(30)40(33)22-26(42)20-38-15-13-37(14-16-38)19-25(41)21-39-31-7-3-1-5-27(31)28-6-2-4-8-32(28)39;3-1(4)2(5)6/h1-12,17-18,25-26,41-42H,13-16,19-22H2;(H,3,4)(H,5,6). The molecule has 250 valence electrons. The van der Waals surface area contributed by atoms with E-state index in [1.165, 1.54) is 10.8 Å². The monoisotopic (exact) mass is 690 g/mol. The highest BCUT2D eigenvalue weighted by Crippen LogP contribution is 2.33. The van der Waals surface area contributed by atoms with Crippen molar-refractivity contribution in [2.75, 3.05) is 39.3 Å². The van der Waals surface area contributed by atoms with Crippen LogP contribution < -0.4 is 0 Å². The summed E-state index contributed by atoms with van der Waals surface area (Å²) in [6.07, 6.45) is -0.999. The van der Waals surface area contributed by atoms with Crippen molar-refractivity contribution in [1.29, 1.82) is 0 Å². The van der Waals surface area contributed by atoms with Crippen LogP contribution >= 0.6 is 23.2 Å². The summed E-state index contributed by atoms with van der Waals surface area (Å²) >= 11 is 12.6. The number of nitrogens with zero attached hydrogens (tertiary/aromatic N) is 4. The quantitative estimate of drug-likeness (QED) is 0.156. The summed E-state index contributed by atoms with van der Waals surface area (Å²) in [4.78, 5) is 22.9. The Balaban J connectivity index is 0.000000615. The van der Waals surface area contributed by atoms with E-state index in [0.29, 0.717) is 36.2 Å². The molecule has 1 fully saturated rings. The maximum atomic E-state index is 11.2. The van der Waals surface area contributed by atoms with E-state index in [1.54, 1.807) is 0 Å². The third-order valence-corrected chi connectivity index (χ3v) is 9.31. The highest BCUT2D eigenvalue weighted by atomic mass is 35.5. The van der Waals surface area contributed by atoms with Crippen molar-refractivity contribution in [3.63, 3.8) is 0 Å². The Bertz CT molecular complexity index is 1980. The smallest absolute Gasteiger partial charge is 0.414 e. The van der Waals surface area contributed by atoms with Crippen LogP contribution in [-0.2, 0) is 22.7 Å². The van der Waals surface area contributed by atoms with Gasteiger partial charge in [-0.25, -0.2) is 9.59 Å². The third-order valence-electron chi connectivity index (χ3n) is 8.84. The molecule has 0 radical (unpaired) electrons. The second-order valence-electron chi connectivity index (χ2n) is 12.1. The van der Waals surface area contributed by atoms with Gasteiger partial charge in [0.1, 0.15) is 0 Å². The first-order valence-corrected chi connectivity index (χ1v) is 16.4. The molecular formula is C36H36Cl2N4O6. The number of aromatic nitrogens is 2. The van der Waals surface area contributed by atoms with Crippen molar-refractivity contribution in [2.45, 2.75) is 25.3 Å². The van der Waals surface area contributed by atoms with Crippen LogP contribution in [0.1, 0.15) is 0 Å². The lowest BCUT2D eigenvalue weighted by atomic mass is 10.1. The minimum absolute atomic E-state index is 0.473. The van der Waals surface area contributed by atoms with Gasteiger partial charge in [-0.05, 0) is 48.5 Å². The zero-order chi connectivity index (χ0) is 33.9. The van der Waals surface area contributed by atoms with E-state index in [9.17, 15) is 10.2 Å². The van der Waals surface area contributed by atoms with Crippen LogP contribution in [0.25, 0.3) is 43.6 Å². The molecule has 12 heteroatoms. The predicted molar refractivity (Wildman–Crippen MR) is 189 cm³/mol. The SMILES string of the molecule is O=C(O)C(=O)O.OC(CN1CCN(CC(O)Cn2c3ccc(Cl)cc3c3cc(Cl)ccc32)CC1)Cn1c2ccccc2c2ccccc21. The molecule has 0 bridgehead atoms. The summed E-state index contributed by atoms with van der Waals surface area (Å²) < 4.78 is 4.42. The molecule has 1 saturated heterocycles. The van der Waals surface area contributed by atoms with Gasteiger partial charge >= 0.3 is 11.9 Å². The zero-order valence-electron chi connectivity index (χ0n) is 26.0. The van der Waals surface area contributed by atoms with Crippen LogP contribution in [0.3, 0.4) is 0 Å². The number of aliphatic hydroxyl groups is 2. The molecule has 2 aromatic heterocycles.